The van der Waals surface area contributed by atoms with E-state index in [0.717, 1.165) is 56.9 Å². The monoisotopic (exact) mass is 360 g/mol. The third-order valence-corrected chi connectivity index (χ3v) is 5.45. The van der Waals surface area contributed by atoms with Crippen molar-refractivity contribution < 1.29 is 14.3 Å². The molecule has 0 aromatic heterocycles. The van der Waals surface area contributed by atoms with Gasteiger partial charge in [-0.25, -0.2) is 4.79 Å². The first-order valence-electron chi connectivity index (χ1n) is 10.2. The van der Waals surface area contributed by atoms with Crippen molar-refractivity contribution in [3.8, 4) is 5.75 Å². The number of nitrogens with zero attached hydrogens (tertiary/aromatic N) is 1. The standard InChI is InChI=1S/C21H32N2O3/c1-2-3-4-5-6-14-25-19-9-7-8-18(15-19)22-21(24)26-20-16-23-12-10-17(20)11-13-23/h7-9,15,17,20H,2-6,10-14,16H2,1H3,(H,22,24)/t20-/m1/s1. The first-order valence-corrected chi connectivity index (χ1v) is 10.2. The van der Waals surface area contributed by atoms with E-state index >= 15 is 0 Å². The Kier molecular flexibility index (Phi) is 7.18. The second-order valence-electron chi connectivity index (χ2n) is 7.50. The molecule has 2 bridgehead atoms. The van der Waals surface area contributed by atoms with Crippen molar-refractivity contribution in [3.05, 3.63) is 24.3 Å². The number of unbranched alkanes of at least 4 members (excludes halogenated alkanes) is 4. The molecule has 4 rings (SSSR count). The molecule has 3 heterocycles. The van der Waals surface area contributed by atoms with Crippen molar-refractivity contribution in [2.75, 3.05) is 31.6 Å². The molecule has 0 unspecified atom stereocenters. The van der Waals surface area contributed by atoms with Gasteiger partial charge in [-0.15, -0.1) is 0 Å². The van der Waals surface area contributed by atoms with Gasteiger partial charge in [0.1, 0.15) is 11.9 Å². The van der Waals surface area contributed by atoms with Gasteiger partial charge in [-0.3, -0.25) is 10.2 Å². The van der Waals surface area contributed by atoms with E-state index in [2.05, 4.69) is 17.1 Å². The van der Waals surface area contributed by atoms with Crippen LogP contribution in [-0.2, 0) is 4.74 Å². The quantitative estimate of drug-likeness (QED) is 0.650. The Labute approximate surface area is 157 Å². The van der Waals surface area contributed by atoms with Crippen LogP contribution in [0.1, 0.15) is 51.9 Å². The summed E-state index contributed by atoms with van der Waals surface area (Å²) in [5, 5.41) is 2.85. The first-order chi connectivity index (χ1) is 12.7. The van der Waals surface area contributed by atoms with Crippen LogP contribution in [0.3, 0.4) is 0 Å². The minimum Gasteiger partial charge on any atom is -0.494 e. The van der Waals surface area contributed by atoms with Gasteiger partial charge in [0, 0.05) is 18.3 Å². The van der Waals surface area contributed by atoms with Crippen LogP contribution in [0.4, 0.5) is 10.5 Å². The maximum absolute atomic E-state index is 12.2. The predicted octanol–water partition coefficient (Wildman–Crippen LogP) is 4.68. The fourth-order valence-corrected chi connectivity index (χ4v) is 3.89. The van der Waals surface area contributed by atoms with Crippen molar-refractivity contribution in [1.29, 1.82) is 0 Å². The fraction of sp³-hybridized carbons (Fsp3) is 0.667. The Hall–Kier alpha value is -1.75. The molecule has 5 nitrogen and oxygen atoms in total. The summed E-state index contributed by atoms with van der Waals surface area (Å²) in [5.74, 6) is 1.31. The van der Waals surface area contributed by atoms with Crippen LogP contribution in [0.25, 0.3) is 0 Å². The van der Waals surface area contributed by atoms with E-state index in [4.69, 9.17) is 9.47 Å². The van der Waals surface area contributed by atoms with E-state index in [1.807, 2.05) is 24.3 Å². The molecule has 26 heavy (non-hydrogen) atoms. The van der Waals surface area contributed by atoms with Gasteiger partial charge >= 0.3 is 6.09 Å². The average molecular weight is 360 g/mol. The molecule has 0 saturated carbocycles. The van der Waals surface area contributed by atoms with Gasteiger partial charge < -0.3 is 9.47 Å². The molecule has 1 N–H and O–H groups in total. The second-order valence-corrected chi connectivity index (χ2v) is 7.50. The summed E-state index contributed by atoms with van der Waals surface area (Å²) < 4.78 is 11.5. The van der Waals surface area contributed by atoms with Gasteiger partial charge in [0.25, 0.3) is 0 Å². The largest absolute Gasteiger partial charge is 0.494 e. The maximum atomic E-state index is 12.2. The minimum atomic E-state index is -0.361. The zero-order valence-electron chi connectivity index (χ0n) is 15.9. The van der Waals surface area contributed by atoms with Crippen molar-refractivity contribution in [3.63, 3.8) is 0 Å². The Morgan fingerprint density at radius 1 is 1.19 bits per heavy atom. The van der Waals surface area contributed by atoms with Gasteiger partial charge in [-0.1, -0.05) is 38.7 Å². The summed E-state index contributed by atoms with van der Waals surface area (Å²) >= 11 is 0. The van der Waals surface area contributed by atoms with Crippen LogP contribution < -0.4 is 10.1 Å². The lowest BCUT2D eigenvalue weighted by Gasteiger charge is -2.43. The molecule has 0 aliphatic carbocycles. The Morgan fingerprint density at radius 2 is 2.00 bits per heavy atom. The molecule has 0 spiro atoms. The van der Waals surface area contributed by atoms with E-state index in [1.54, 1.807) is 0 Å². The molecule has 1 aromatic rings. The number of piperidine rings is 3. The highest BCUT2D eigenvalue weighted by molar-refractivity contribution is 5.85. The molecule has 0 radical (unpaired) electrons. The smallest absolute Gasteiger partial charge is 0.411 e. The zero-order valence-corrected chi connectivity index (χ0v) is 15.9. The molecule has 1 atom stereocenters. The van der Waals surface area contributed by atoms with E-state index in [-0.39, 0.29) is 12.2 Å². The summed E-state index contributed by atoms with van der Waals surface area (Å²) in [6.45, 7) is 6.10. The van der Waals surface area contributed by atoms with Crippen LogP contribution in [0.2, 0.25) is 0 Å². The Bertz CT molecular complexity index is 570. The van der Waals surface area contributed by atoms with Crippen LogP contribution in [0.15, 0.2) is 24.3 Å². The molecule has 3 aliphatic heterocycles. The van der Waals surface area contributed by atoms with Crippen molar-refractivity contribution >= 4 is 11.8 Å². The van der Waals surface area contributed by atoms with Crippen LogP contribution in [-0.4, -0.2) is 43.3 Å². The lowest BCUT2D eigenvalue weighted by Crippen LogP contribution is -2.52. The van der Waals surface area contributed by atoms with Gasteiger partial charge in [0.05, 0.1) is 6.61 Å². The molecular formula is C21H32N2O3. The maximum Gasteiger partial charge on any atom is 0.411 e. The number of ether oxygens (including phenoxy) is 2. The molecule has 5 heteroatoms. The zero-order chi connectivity index (χ0) is 18.2. The van der Waals surface area contributed by atoms with Crippen molar-refractivity contribution in [2.45, 2.75) is 58.0 Å². The third kappa shape index (κ3) is 5.63. The Morgan fingerprint density at radius 3 is 2.73 bits per heavy atom. The summed E-state index contributed by atoms with van der Waals surface area (Å²) in [7, 11) is 0. The minimum absolute atomic E-state index is 0.0278. The van der Waals surface area contributed by atoms with Crippen LogP contribution in [0.5, 0.6) is 5.75 Å². The van der Waals surface area contributed by atoms with Crippen molar-refractivity contribution in [2.24, 2.45) is 5.92 Å². The number of hydrogen-bond donors (Lipinski definition) is 1. The number of fused-ring (bicyclic) bond motifs is 3. The number of anilines is 1. The van der Waals surface area contributed by atoms with Crippen molar-refractivity contribution in [1.82, 2.24) is 4.90 Å². The number of benzene rings is 1. The lowest BCUT2D eigenvalue weighted by molar-refractivity contribution is -0.0289. The molecule has 1 amide bonds. The number of hydrogen-bond acceptors (Lipinski definition) is 4. The first kappa shape index (κ1) is 19.0. The molecule has 3 fully saturated rings. The second kappa shape index (κ2) is 9.81. The summed E-state index contributed by atoms with van der Waals surface area (Å²) in [6.07, 6.45) is 8.04. The number of nitrogens with one attached hydrogen (secondary N) is 1. The normalized spacial score (nSPS) is 24.3. The van der Waals surface area contributed by atoms with Crippen LogP contribution >= 0.6 is 0 Å². The van der Waals surface area contributed by atoms with E-state index < -0.39 is 0 Å². The number of carbonyl (C=O) groups is 1. The van der Waals surface area contributed by atoms with E-state index in [0.29, 0.717) is 5.92 Å². The SMILES string of the molecule is CCCCCCCOc1cccc(NC(=O)O[C@@H]2CN3CCC2CC3)c1. The summed E-state index contributed by atoms with van der Waals surface area (Å²) in [4.78, 5) is 14.6. The topological polar surface area (TPSA) is 50.8 Å². The fourth-order valence-electron chi connectivity index (χ4n) is 3.89. The number of amides is 1. The number of rotatable bonds is 9. The van der Waals surface area contributed by atoms with Gasteiger partial charge in [-0.05, 0) is 50.4 Å². The number of carbonyl (C=O) groups excluding carboxylic acids is 1. The van der Waals surface area contributed by atoms with Gasteiger partial charge in [0.2, 0.25) is 0 Å². The highest BCUT2D eigenvalue weighted by Gasteiger charge is 2.36. The third-order valence-electron chi connectivity index (χ3n) is 5.45. The Balaban J connectivity index is 1.41. The van der Waals surface area contributed by atoms with E-state index in [9.17, 15) is 4.79 Å². The highest BCUT2D eigenvalue weighted by atomic mass is 16.6. The highest BCUT2D eigenvalue weighted by Crippen LogP contribution is 2.29. The molecule has 3 saturated heterocycles. The van der Waals surface area contributed by atoms with Crippen LogP contribution in [0, 0.1) is 5.92 Å². The lowest BCUT2D eigenvalue weighted by atomic mass is 9.86. The van der Waals surface area contributed by atoms with E-state index in [1.165, 1.54) is 25.7 Å². The molecule has 3 aliphatic rings. The summed E-state index contributed by atoms with van der Waals surface area (Å²) in [5.41, 5.74) is 0.722. The van der Waals surface area contributed by atoms with Gasteiger partial charge in [-0.2, -0.15) is 0 Å². The predicted molar refractivity (Wildman–Crippen MR) is 104 cm³/mol. The average Bonchev–Trinajstić information content (AvgIpc) is 2.66. The molecule has 1 aromatic carbocycles. The van der Waals surface area contributed by atoms with Gasteiger partial charge in [0.15, 0.2) is 0 Å². The molecular weight excluding hydrogens is 328 g/mol. The molecule has 144 valence electrons. The summed E-state index contributed by atoms with van der Waals surface area (Å²) in [6, 6.07) is 7.56.